The number of pyridine rings is 1. The van der Waals surface area contributed by atoms with E-state index < -0.39 is 17.3 Å². The first-order valence-corrected chi connectivity index (χ1v) is 8.68. The van der Waals surface area contributed by atoms with Crippen LogP contribution in [0.1, 0.15) is 24.2 Å². The van der Waals surface area contributed by atoms with Crippen LogP contribution in [0.15, 0.2) is 34.0 Å². The highest BCUT2D eigenvalue weighted by Crippen LogP contribution is 2.26. The quantitative estimate of drug-likeness (QED) is 0.780. The van der Waals surface area contributed by atoms with Crippen LogP contribution in [-0.2, 0) is 7.05 Å². The van der Waals surface area contributed by atoms with Gasteiger partial charge < -0.3 is 10.4 Å². The van der Waals surface area contributed by atoms with Crippen molar-refractivity contribution in [2.75, 3.05) is 11.6 Å². The van der Waals surface area contributed by atoms with Crippen molar-refractivity contribution in [3.05, 3.63) is 51.0 Å². The van der Waals surface area contributed by atoms with E-state index in [1.165, 1.54) is 30.9 Å². The van der Waals surface area contributed by atoms with Crippen LogP contribution in [0.2, 0.25) is 5.02 Å². The fourth-order valence-corrected chi connectivity index (χ4v) is 2.53. The zero-order valence-electron chi connectivity index (χ0n) is 13.7. The first kappa shape index (κ1) is 20.1. The van der Waals surface area contributed by atoms with Crippen molar-refractivity contribution >= 4 is 40.8 Å². The van der Waals surface area contributed by atoms with E-state index in [2.05, 4.69) is 5.32 Å². The molecular weight excluding hydrogens is 355 g/mol. The summed E-state index contributed by atoms with van der Waals surface area (Å²) in [5, 5.41) is 11.7. The zero-order valence-corrected chi connectivity index (χ0v) is 15.3. The Morgan fingerprint density at radius 3 is 2.46 bits per heavy atom. The molecule has 0 saturated carbocycles. The molecule has 0 saturated heterocycles. The lowest BCUT2D eigenvalue weighted by molar-refractivity contribution is 0.0697. The van der Waals surface area contributed by atoms with Crippen LogP contribution in [0.4, 0.5) is 15.9 Å². The van der Waals surface area contributed by atoms with Crippen LogP contribution in [0.25, 0.3) is 0 Å². The summed E-state index contributed by atoms with van der Waals surface area (Å²) in [7, 11) is 1.36. The molecule has 130 valence electrons. The number of halogens is 2. The van der Waals surface area contributed by atoms with Crippen molar-refractivity contribution in [1.82, 2.24) is 4.57 Å². The largest absolute Gasteiger partial charge is 0.478 e. The summed E-state index contributed by atoms with van der Waals surface area (Å²) in [5.74, 6) is -1.87. The van der Waals surface area contributed by atoms with E-state index in [-0.39, 0.29) is 22.1 Å². The Morgan fingerprint density at radius 1 is 1.33 bits per heavy atom. The molecule has 2 N–H and O–H groups in total. The van der Waals surface area contributed by atoms with E-state index in [1.54, 1.807) is 6.07 Å². The second kappa shape index (κ2) is 8.75. The Hall–Kier alpha value is -1.99. The van der Waals surface area contributed by atoms with E-state index in [4.69, 9.17) is 11.6 Å². The van der Waals surface area contributed by atoms with Crippen LogP contribution in [-0.4, -0.2) is 21.9 Å². The Balaban J connectivity index is 0.00000139. The first-order chi connectivity index (χ1) is 11.3. The van der Waals surface area contributed by atoms with E-state index in [9.17, 15) is 19.1 Å². The predicted octanol–water partition coefficient (Wildman–Crippen LogP) is 4.37. The number of hydrogen-bond acceptors (Lipinski definition) is 4. The number of aromatic nitrogens is 1. The SMILES string of the molecule is CC.CSc1ccc(Nc2c(C(=O)O)cc(Cl)c(=O)n2C)c(F)c1. The summed E-state index contributed by atoms with van der Waals surface area (Å²) < 4.78 is 15.1. The summed E-state index contributed by atoms with van der Waals surface area (Å²) >= 11 is 7.09. The third-order valence-corrected chi connectivity index (χ3v) is 4.03. The van der Waals surface area contributed by atoms with Crippen molar-refractivity contribution in [2.24, 2.45) is 7.05 Å². The highest BCUT2D eigenvalue weighted by molar-refractivity contribution is 7.98. The number of anilines is 2. The minimum absolute atomic E-state index is 0.0438. The standard InChI is InChI=1S/C14H12ClFN2O3S.C2H6/c1-18-12(8(14(20)21)6-9(15)13(18)19)17-11-4-3-7(22-2)5-10(11)16;1-2/h3-6,17H,1-2H3,(H,20,21);1-2H3. The van der Waals surface area contributed by atoms with Gasteiger partial charge in [-0.1, -0.05) is 25.4 Å². The van der Waals surface area contributed by atoms with Gasteiger partial charge in [-0.3, -0.25) is 9.36 Å². The third kappa shape index (κ3) is 4.30. The first-order valence-electron chi connectivity index (χ1n) is 7.08. The molecule has 0 atom stereocenters. The summed E-state index contributed by atoms with van der Waals surface area (Å²) in [6.45, 7) is 4.00. The van der Waals surface area contributed by atoms with Gasteiger partial charge in [0.1, 0.15) is 22.2 Å². The van der Waals surface area contributed by atoms with E-state index in [0.29, 0.717) is 0 Å². The van der Waals surface area contributed by atoms with Gasteiger partial charge in [-0.25, -0.2) is 9.18 Å². The fraction of sp³-hybridized carbons (Fsp3) is 0.250. The molecule has 0 aliphatic carbocycles. The van der Waals surface area contributed by atoms with Crippen LogP contribution >= 0.6 is 23.4 Å². The normalized spacial score (nSPS) is 9.92. The lowest BCUT2D eigenvalue weighted by atomic mass is 10.2. The maximum Gasteiger partial charge on any atom is 0.339 e. The Morgan fingerprint density at radius 2 is 1.96 bits per heavy atom. The number of rotatable bonds is 4. The number of carboxylic acid groups (broad SMARTS) is 1. The van der Waals surface area contributed by atoms with Crippen molar-refractivity contribution in [3.63, 3.8) is 0 Å². The van der Waals surface area contributed by atoms with E-state index >= 15 is 0 Å². The second-order valence-electron chi connectivity index (χ2n) is 4.39. The van der Waals surface area contributed by atoms with Crippen molar-refractivity contribution < 1.29 is 14.3 Å². The summed E-state index contributed by atoms with van der Waals surface area (Å²) in [4.78, 5) is 23.9. The molecule has 5 nitrogen and oxygen atoms in total. The molecule has 1 aromatic carbocycles. The summed E-state index contributed by atoms with van der Waals surface area (Å²) in [5.41, 5.74) is -0.728. The number of nitrogens with one attached hydrogen (secondary N) is 1. The van der Waals surface area contributed by atoms with Gasteiger partial charge in [-0.05, 0) is 30.5 Å². The molecule has 8 heteroatoms. The van der Waals surface area contributed by atoms with E-state index in [0.717, 1.165) is 15.5 Å². The van der Waals surface area contributed by atoms with Gasteiger partial charge in [0.2, 0.25) is 0 Å². The monoisotopic (exact) mass is 372 g/mol. The Bertz CT molecular complexity index is 809. The second-order valence-corrected chi connectivity index (χ2v) is 5.68. The average molecular weight is 373 g/mol. The molecule has 24 heavy (non-hydrogen) atoms. The number of nitrogens with zero attached hydrogens (tertiary/aromatic N) is 1. The van der Waals surface area contributed by atoms with Gasteiger partial charge in [0, 0.05) is 11.9 Å². The predicted molar refractivity (Wildman–Crippen MR) is 96.5 cm³/mol. The number of thioether (sulfide) groups is 1. The molecule has 0 fully saturated rings. The third-order valence-electron chi connectivity index (χ3n) is 3.03. The number of benzene rings is 1. The van der Waals surface area contributed by atoms with Crippen LogP contribution in [0.3, 0.4) is 0 Å². The topological polar surface area (TPSA) is 71.3 Å². The summed E-state index contributed by atoms with van der Waals surface area (Å²) in [6, 6.07) is 5.53. The lowest BCUT2D eigenvalue weighted by Gasteiger charge is -2.15. The molecule has 2 rings (SSSR count). The maximum atomic E-state index is 14.0. The molecule has 0 aliphatic rings. The van der Waals surface area contributed by atoms with Gasteiger partial charge in [-0.15, -0.1) is 11.8 Å². The molecule has 2 aromatic rings. The molecule has 0 amide bonds. The number of hydrogen-bond donors (Lipinski definition) is 2. The number of carbonyl (C=O) groups is 1. The smallest absolute Gasteiger partial charge is 0.339 e. The van der Waals surface area contributed by atoms with Gasteiger partial charge in [0.25, 0.3) is 5.56 Å². The van der Waals surface area contributed by atoms with E-state index in [1.807, 2.05) is 20.1 Å². The molecule has 0 aliphatic heterocycles. The number of aromatic carboxylic acids is 1. The van der Waals surface area contributed by atoms with Crippen LogP contribution in [0, 0.1) is 5.82 Å². The summed E-state index contributed by atoms with van der Waals surface area (Å²) in [6.07, 6.45) is 1.81. The van der Waals surface area contributed by atoms with Gasteiger partial charge in [0.15, 0.2) is 0 Å². The molecule has 0 bridgehead atoms. The van der Waals surface area contributed by atoms with Crippen LogP contribution in [0.5, 0.6) is 0 Å². The molecule has 0 radical (unpaired) electrons. The van der Waals surface area contributed by atoms with Crippen LogP contribution < -0.4 is 10.9 Å². The Kier molecular flexibility index (Phi) is 7.31. The number of carboxylic acids is 1. The van der Waals surface area contributed by atoms with Crippen molar-refractivity contribution in [2.45, 2.75) is 18.7 Å². The van der Waals surface area contributed by atoms with Crippen molar-refractivity contribution in [1.29, 1.82) is 0 Å². The average Bonchev–Trinajstić information content (AvgIpc) is 2.58. The van der Waals surface area contributed by atoms with Gasteiger partial charge in [-0.2, -0.15) is 0 Å². The molecular formula is C16H18ClFN2O3S. The lowest BCUT2D eigenvalue weighted by Crippen LogP contribution is -2.23. The molecule has 1 heterocycles. The van der Waals surface area contributed by atoms with Gasteiger partial charge in [0.05, 0.1) is 5.69 Å². The zero-order chi connectivity index (χ0) is 18.4. The minimum Gasteiger partial charge on any atom is -0.478 e. The highest BCUT2D eigenvalue weighted by Gasteiger charge is 2.18. The highest BCUT2D eigenvalue weighted by atomic mass is 35.5. The Labute approximate surface area is 148 Å². The molecule has 0 spiro atoms. The maximum absolute atomic E-state index is 14.0. The minimum atomic E-state index is -1.28. The fourth-order valence-electron chi connectivity index (χ4n) is 1.87. The molecule has 0 unspecified atom stereocenters. The molecule has 1 aromatic heterocycles. The van der Waals surface area contributed by atoms with Crippen molar-refractivity contribution in [3.8, 4) is 0 Å². The van der Waals surface area contributed by atoms with Gasteiger partial charge >= 0.3 is 5.97 Å².